The van der Waals surface area contributed by atoms with Crippen molar-refractivity contribution in [2.45, 2.75) is 23.3 Å². The van der Waals surface area contributed by atoms with E-state index in [1.165, 1.54) is 18.4 Å². The summed E-state index contributed by atoms with van der Waals surface area (Å²) in [6.07, 6.45) is 3.19. The van der Waals surface area contributed by atoms with Crippen LogP contribution in [-0.2, 0) is 15.6 Å². The Balaban J connectivity index is 1.79. The van der Waals surface area contributed by atoms with Crippen LogP contribution in [0.2, 0.25) is 0 Å². The maximum absolute atomic E-state index is 12.3. The molecule has 5 nitrogen and oxygen atoms in total. The largest absolute Gasteiger partial charge is 0.466 e. The van der Waals surface area contributed by atoms with Gasteiger partial charge in [-0.1, -0.05) is 15.9 Å². The lowest BCUT2D eigenvalue weighted by Crippen LogP contribution is -2.42. The molecule has 0 amide bonds. The van der Waals surface area contributed by atoms with Crippen molar-refractivity contribution in [3.63, 3.8) is 0 Å². The first-order valence-electron chi connectivity index (χ1n) is 6.93. The Morgan fingerprint density at radius 2 is 1.95 bits per heavy atom. The minimum Gasteiger partial charge on any atom is -0.466 e. The second kappa shape index (κ2) is 5.81. The van der Waals surface area contributed by atoms with Crippen LogP contribution in [0, 0.1) is 5.92 Å². The summed E-state index contributed by atoms with van der Waals surface area (Å²) in [6.45, 7) is -0.108. The Kier molecular flexibility index (Phi) is 4.15. The first-order chi connectivity index (χ1) is 10.4. The fourth-order valence-electron chi connectivity index (χ4n) is 2.42. The molecular weight excluding hydrogens is 370 g/mol. The van der Waals surface area contributed by atoms with Gasteiger partial charge in [-0.15, -0.1) is 0 Å². The van der Waals surface area contributed by atoms with Gasteiger partial charge in [0.25, 0.3) is 0 Å². The average molecular weight is 386 g/mol. The summed E-state index contributed by atoms with van der Waals surface area (Å²) in [6, 6.07) is 9.70. The van der Waals surface area contributed by atoms with Crippen molar-refractivity contribution in [1.82, 2.24) is 4.72 Å². The molecule has 0 saturated heterocycles. The number of sulfonamides is 1. The zero-order valence-electron chi connectivity index (χ0n) is 11.7. The van der Waals surface area contributed by atoms with Crippen molar-refractivity contribution in [2.75, 3.05) is 6.54 Å². The summed E-state index contributed by atoms with van der Waals surface area (Å²) in [5.74, 6) is 0.416. The average Bonchev–Trinajstić information content (AvgIpc) is 3.21. The quantitative estimate of drug-likeness (QED) is 0.800. The molecule has 22 heavy (non-hydrogen) atoms. The zero-order chi connectivity index (χ0) is 15.8. The number of hydrogen-bond donors (Lipinski definition) is 2. The van der Waals surface area contributed by atoms with E-state index in [-0.39, 0.29) is 17.4 Å². The van der Waals surface area contributed by atoms with E-state index in [1.807, 2.05) is 0 Å². The molecule has 0 bridgehead atoms. The molecule has 0 spiro atoms. The van der Waals surface area contributed by atoms with Crippen LogP contribution >= 0.6 is 15.9 Å². The van der Waals surface area contributed by atoms with Gasteiger partial charge in [0, 0.05) is 11.0 Å². The molecule has 1 aliphatic carbocycles. The minimum atomic E-state index is -3.68. The lowest BCUT2D eigenvalue weighted by molar-refractivity contribution is -0.00224. The van der Waals surface area contributed by atoms with E-state index in [9.17, 15) is 13.5 Å². The molecule has 3 rings (SSSR count). The maximum atomic E-state index is 12.3. The first-order valence-corrected chi connectivity index (χ1v) is 9.21. The van der Waals surface area contributed by atoms with E-state index in [0.29, 0.717) is 5.76 Å². The second-order valence-electron chi connectivity index (χ2n) is 5.45. The topological polar surface area (TPSA) is 79.5 Å². The van der Waals surface area contributed by atoms with E-state index < -0.39 is 15.6 Å². The first kappa shape index (κ1) is 15.7. The molecule has 1 fully saturated rings. The van der Waals surface area contributed by atoms with Crippen molar-refractivity contribution in [3.05, 3.63) is 52.9 Å². The van der Waals surface area contributed by atoms with Gasteiger partial charge in [0.2, 0.25) is 10.0 Å². The van der Waals surface area contributed by atoms with Crippen LogP contribution in [0.1, 0.15) is 18.6 Å². The van der Waals surface area contributed by atoms with Gasteiger partial charge in [-0.3, -0.25) is 0 Å². The van der Waals surface area contributed by atoms with Crippen LogP contribution in [0.3, 0.4) is 0 Å². The van der Waals surface area contributed by atoms with Crippen molar-refractivity contribution >= 4 is 26.0 Å². The molecular formula is C15H16BrNO4S. The fraction of sp³-hybridized carbons (Fsp3) is 0.333. The van der Waals surface area contributed by atoms with Crippen LogP contribution in [0.4, 0.5) is 0 Å². The molecule has 1 aromatic heterocycles. The Hall–Kier alpha value is -1.15. The minimum absolute atomic E-state index is 0.0197. The third kappa shape index (κ3) is 3.12. The van der Waals surface area contributed by atoms with Crippen molar-refractivity contribution < 1.29 is 17.9 Å². The monoisotopic (exact) mass is 385 g/mol. The number of rotatable bonds is 6. The molecule has 118 valence electrons. The summed E-state index contributed by atoms with van der Waals surface area (Å²) in [5.41, 5.74) is -1.30. The van der Waals surface area contributed by atoms with Gasteiger partial charge in [0.1, 0.15) is 11.4 Å². The summed E-state index contributed by atoms with van der Waals surface area (Å²) < 4.78 is 33.3. The summed E-state index contributed by atoms with van der Waals surface area (Å²) in [4.78, 5) is 0.160. The van der Waals surface area contributed by atoms with E-state index in [0.717, 1.165) is 17.3 Å². The molecule has 2 N–H and O–H groups in total. The van der Waals surface area contributed by atoms with E-state index in [1.54, 1.807) is 24.3 Å². The molecule has 1 atom stereocenters. The molecule has 1 heterocycles. The third-order valence-corrected chi connectivity index (χ3v) is 5.80. The number of benzene rings is 1. The van der Waals surface area contributed by atoms with Crippen molar-refractivity contribution in [1.29, 1.82) is 0 Å². The molecule has 0 radical (unpaired) electrons. The molecule has 1 aromatic carbocycles. The summed E-state index contributed by atoms with van der Waals surface area (Å²) in [5, 5.41) is 10.8. The summed E-state index contributed by atoms with van der Waals surface area (Å²) in [7, 11) is -3.68. The zero-order valence-corrected chi connectivity index (χ0v) is 14.1. The predicted octanol–water partition coefficient (Wildman–Crippen LogP) is 2.62. The Labute approximate surface area is 137 Å². The standard InChI is InChI=1S/C15H16BrNO4S/c16-12-5-7-13(8-6-12)22(19,20)17-10-15(18,11-3-4-11)14-2-1-9-21-14/h1-2,5-9,11,17-18H,3-4,10H2. The number of halogens is 1. The molecule has 2 aromatic rings. The Bertz CT molecular complexity index is 738. The van der Waals surface area contributed by atoms with Crippen molar-refractivity contribution in [2.24, 2.45) is 5.92 Å². The normalized spacial score (nSPS) is 18.1. The Morgan fingerprint density at radius 1 is 1.27 bits per heavy atom. The molecule has 1 unspecified atom stereocenters. The van der Waals surface area contributed by atoms with Gasteiger partial charge in [-0.2, -0.15) is 0 Å². The highest BCUT2D eigenvalue weighted by Gasteiger charge is 2.47. The smallest absolute Gasteiger partial charge is 0.240 e. The lowest BCUT2D eigenvalue weighted by atomic mass is 9.95. The predicted molar refractivity (Wildman–Crippen MR) is 84.7 cm³/mol. The van der Waals surface area contributed by atoms with Gasteiger partial charge >= 0.3 is 0 Å². The van der Waals surface area contributed by atoms with Crippen molar-refractivity contribution in [3.8, 4) is 0 Å². The van der Waals surface area contributed by atoms with E-state index >= 15 is 0 Å². The SMILES string of the molecule is O=S(=O)(NCC(O)(c1ccco1)C1CC1)c1ccc(Br)cc1. The van der Waals surface area contributed by atoms with Gasteiger partial charge in [-0.25, -0.2) is 13.1 Å². The van der Waals surface area contributed by atoms with Gasteiger partial charge in [0.05, 0.1) is 11.2 Å². The maximum Gasteiger partial charge on any atom is 0.240 e. The molecule has 1 aliphatic rings. The van der Waals surface area contributed by atoms with Crippen LogP contribution in [0.25, 0.3) is 0 Å². The summed E-state index contributed by atoms with van der Waals surface area (Å²) >= 11 is 3.27. The van der Waals surface area contributed by atoms with Gasteiger partial charge in [-0.05, 0) is 55.2 Å². The van der Waals surface area contributed by atoms with E-state index in [4.69, 9.17) is 4.42 Å². The van der Waals surface area contributed by atoms with E-state index in [2.05, 4.69) is 20.7 Å². The third-order valence-electron chi connectivity index (χ3n) is 3.86. The lowest BCUT2D eigenvalue weighted by Gasteiger charge is -2.26. The second-order valence-corrected chi connectivity index (χ2v) is 8.14. The highest BCUT2D eigenvalue weighted by molar-refractivity contribution is 9.10. The molecule has 7 heteroatoms. The number of hydrogen-bond acceptors (Lipinski definition) is 4. The van der Waals surface area contributed by atoms with Crippen LogP contribution < -0.4 is 4.72 Å². The number of aliphatic hydroxyl groups is 1. The number of furan rings is 1. The highest BCUT2D eigenvalue weighted by Crippen LogP contribution is 2.45. The highest BCUT2D eigenvalue weighted by atomic mass is 79.9. The van der Waals surface area contributed by atoms with Crippen LogP contribution in [0.15, 0.2) is 56.4 Å². The Morgan fingerprint density at radius 3 is 2.50 bits per heavy atom. The van der Waals surface area contributed by atoms with Gasteiger partial charge < -0.3 is 9.52 Å². The molecule has 0 aliphatic heterocycles. The number of nitrogens with one attached hydrogen (secondary N) is 1. The van der Waals surface area contributed by atoms with Gasteiger partial charge in [0.15, 0.2) is 0 Å². The van der Waals surface area contributed by atoms with Crippen LogP contribution in [0.5, 0.6) is 0 Å². The molecule has 1 saturated carbocycles. The van der Waals surface area contributed by atoms with Crippen LogP contribution in [-0.4, -0.2) is 20.1 Å². The fourth-order valence-corrected chi connectivity index (χ4v) is 3.76.